The van der Waals surface area contributed by atoms with Crippen LogP contribution in [0.3, 0.4) is 0 Å². The molecule has 2 aromatic carbocycles. The van der Waals surface area contributed by atoms with Crippen molar-refractivity contribution in [3.8, 4) is 28.6 Å². The molecule has 5 N–H and O–H groups in total. The van der Waals surface area contributed by atoms with Gasteiger partial charge in [-0.15, -0.1) is 0 Å². The number of aliphatic hydroxyl groups is 4. The van der Waals surface area contributed by atoms with Gasteiger partial charge in [0.05, 0.1) is 13.7 Å². The van der Waals surface area contributed by atoms with E-state index in [9.17, 15) is 30.3 Å². The summed E-state index contributed by atoms with van der Waals surface area (Å²) in [5.41, 5.74) is 0.263. The minimum atomic E-state index is -1.53. The lowest BCUT2D eigenvalue weighted by Crippen LogP contribution is -2.59. The van der Waals surface area contributed by atoms with Gasteiger partial charge in [0.2, 0.25) is 0 Å². The zero-order valence-electron chi connectivity index (χ0n) is 17.6. The summed E-state index contributed by atoms with van der Waals surface area (Å²) in [7, 11) is 1.54. The van der Waals surface area contributed by atoms with Gasteiger partial charge < -0.3 is 44.2 Å². The maximum Gasteiger partial charge on any atom is 0.197 e. The van der Waals surface area contributed by atoms with Crippen LogP contribution in [0.5, 0.6) is 17.2 Å². The summed E-state index contributed by atoms with van der Waals surface area (Å²) < 4.78 is 22.0. The van der Waals surface area contributed by atoms with Gasteiger partial charge in [0.25, 0.3) is 0 Å². The van der Waals surface area contributed by atoms with Gasteiger partial charge in [-0.25, -0.2) is 0 Å². The number of aromatic hydroxyl groups is 1. The number of benzene rings is 2. The number of fused-ring (bicyclic) bond motifs is 1. The molecule has 1 aromatic heterocycles. The van der Waals surface area contributed by atoms with Crippen molar-refractivity contribution in [2.75, 3.05) is 20.3 Å². The van der Waals surface area contributed by atoms with Crippen molar-refractivity contribution < 1.29 is 44.2 Å². The Bertz CT molecular complexity index is 1170. The van der Waals surface area contributed by atoms with E-state index in [4.69, 9.17) is 18.6 Å². The Balaban J connectivity index is 1.60. The third-order valence-corrected chi connectivity index (χ3v) is 5.56. The maximum absolute atomic E-state index is 12.6. The Hall–Kier alpha value is -3.15. The van der Waals surface area contributed by atoms with Crippen molar-refractivity contribution in [2.45, 2.75) is 30.5 Å². The monoisotopic (exact) mass is 460 g/mol. The van der Waals surface area contributed by atoms with Gasteiger partial charge in [-0.2, -0.15) is 0 Å². The molecule has 4 rings (SSSR count). The molecule has 2 heterocycles. The average Bonchev–Trinajstić information content (AvgIpc) is 2.81. The second-order valence-electron chi connectivity index (χ2n) is 7.70. The molecule has 3 aromatic rings. The van der Waals surface area contributed by atoms with Crippen molar-refractivity contribution in [1.82, 2.24) is 0 Å². The number of aliphatic hydroxyl groups excluding tert-OH is 4. The molecule has 1 saturated heterocycles. The average molecular weight is 460 g/mol. The molecule has 0 amide bonds. The molecule has 33 heavy (non-hydrogen) atoms. The Morgan fingerprint density at radius 3 is 2.30 bits per heavy atom. The van der Waals surface area contributed by atoms with E-state index in [1.807, 2.05) is 0 Å². The number of ether oxygens (including phenoxy) is 3. The molecule has 0 aliphatic carbocycles. The van der Waals surface area contributed by atoms with Gasteiger partial charge in [-0.05, 0) is 24.3 Å². The van der Waals surface area contributed by atoms with Gasteiger partial charge in [0.1, 0.15) is 71.1 Å². The van der Waals surface area contributed by atoms with E-state index in [2.05, 4.69) is 0 Å². The van der Waals surface area contributed by atoms with Crippen LogP contribution in [0.25, 0.3) is 22.3 Å². The number of hydrogen-bond donors (Lipinski definition) is 5. The first-order valence-corrected chi connectivity index (χ1v) is 10.2. The first-order chi connectivity index (χ1) is 15.8. The maximum atomic E-state index is 12.6. The molecule has 176 valence electrons. The molecule has 1 aliphatic heterocycles. The lowest BCUT2D eigenvalue weighted by molar-refractivity contribution is -0.234. The number of rotatable bonds is 6. The summed E-state index contributed by atoms with van der Waals surface area (Å²) in [5.74, 6) is 0.683. The molecule has 10 heteroatoms. The molecule has 0 bridgehead atoms. The SMILES string of the molecule is COc1ccc(-c2cc(=O)c3c(O)cc(OC[C@@H]4OC(CO)[C@@H](O)[C@@H](O)C4O)cc3o2)cc1. The first-order valence-electron chi connectivity index (χ1n) is 10.2. The highest BCUT2D eigenvalue weighted by atomic mass is 16.6. The van der Waals surface area contributed by atoms with E-state index in [1.165, 1.54) is 18.2 Å². The van der Waals surface area contributed by atoms with E-state index in [0.717, 1.165) is 0 Å². The molecule has 0 spiro atoms. The van der Waals surface area contributed by atoms with Gasteiger partial charge in [-0.1, -0.05) is 0 Å². The number of methoxy groups -OCH3 is 1. The summed E-state index contributed by atoms with van der Waals surface area (Å²) in [6, 6.07) is 10.8. The molecule has 10 nitrogen and oxygen atoms in total. The van der Waals surface area contributed by atoms with Crippen LogP contribution in [0.2, 0.25) is 0 Å². The summed E-state index contributed by atoms with van der Waals surface area (Å²) in [6.07, 6.45) is -6.59. The topological polar surface area (TPSA) is 159 Å². The zero-order valence-corrected chi connectivity index (χ0v) is 17.6. The Labute approximate surface area is 187 Å². The quantitative estimate of drug-likeness (QED) is 0.348. The summed E-state index contributed by atoms with van der Waals surface area (Å²) in [5, 5.41) is 49.6. The van der Waals surface area contributed by atoms with Gasteiger partial charge in [-0.3, -0.25) is 4.79 Å². The van der Waals surface area contributed by atoms with Crippen LogP contribution in [0.1, 0.15) is 0 Å². The zero-order chi connectivity index (χ0) is 23.7. The molecule has 1 fully saturated rings. The highest BCUT2D eigenvalue weighted by Gasteiger charge is 2.43. The lowest BCUT2D eigenvalue weighted by Gasteiger charge is -2.39. The van der Waals surface area contributed by atoms with Crippen LogP contribution < -0.4 is 14.9 Å². The summed E-state index contributed by atoms with van der Waals surface area (Å²) in [4.78, 5) is 12.6. The van der Waals surface area contributed by atoms with Crippen LogP contribution in [-0.4, -0.2) is 76.4 Å². The normalized spacial score (nSPS) is 25.2. The van der Waals surface area contributed by atoms with Crippen molar-refractivity contribution in [2.24, 2.45) is 0 Å². The van der Waals surface area contributed by atoms with Crippen LogP contribution in [0.15, 0.2) is 51.7 Å². The van der Waals surface area contributed by atoms with Crippen LogP contribution in [-0.2, 0) is 4.74 Å². The van der Waals surface area contributed by atoms with Gasteiger partial charge >= 0.3 is 0 Å². The Kier molecular flexibility index (Phi) is 6.54. The van der Waals surface area contributed by atoms with Gasteiger partial charge in [0, 0.05) is 23.8 Å². The highest BCUT2D eigenvalue weighted by molar-refractivity contribution is 5.86. The molecule has 0 saturated carbocycles. The second-order valence-corrected chi connectivity index (χ2v) is 7.70. The minimum Gasteiger partial charge on any atom is -0.507 e. The smallest absolute Gasteiger partial charge is 0.197 e. The van der Waals surface area contributed by atoms with E-state index in [-0.39, 0.29) is 34.8 Å². The van der Waals surface area contributed by atoms with Crippen molar-refractivity contribution in [3.05, 3.63) is 52.7 Å². The van der Waals surface area contributed by atoms with E-state index in [0.29, 0.717) is 11.3 Å². The number of phenols is 1. The Morgan fingerprint density at radius 1 is 0.939 bits per heavy atom. The predicted molar refractivity (Wildman–Crippen MR) is 115 cm³/mol. The minimum absolute atomic E-state index is 0.0209. The molecular weight excluding hydrogens is 436 g/mol. The standard InChI is InChI=1S/C23H24O10/c1-30-12-4-2-11(3-5-12)16-8-15(26)20-14(25)6-13(7-17(20)32-16)31-10-19-22(28)23(29)21(27)18(9-24)33-19/h2-8,18-19,21-25,27-29H,9-10H2,1H3/t18?,19-,21+,22?,23+/m0/s1. The van der Waals surface area contributed by atoms with Crippen LogP contribution in [0.4, 0.5) is 0 Å². The number of phenolic OH excluding ortho intramolecular Hbond substituents is 1. The highest BCUT2D eigenvalue weighted by Crippen LogP contribution is 2.32. The fraction of sp³-hybridized carbons (Fsp3) is 0.348. The van der Waals surface area contributed by atoms with E-state index < -0.39 is 42.6 Å². The van der Waals surface area contributed by atoms with Crippen LogP contribution in [0, 0.1) is 0 Å². The third-order valence-electron chi connectivity index (χ3n) is 5.56. The van der Waals surface area contributed by atoms with Crippen molar-refractivity contribution in [1.29, 1.82) is 0 Å². The fourth-order valence-corrected chi connectivity index (χ4v) is 3.72. The lowest BCUT2D eigenvalue weighted by atomic mass is 9.95. The molecule has 1 aliphatic rings. The second kappa shape index (κ2) is 9.38. The van der Waals surface area contributed by atoms with E-state index >= 15 is 0 Å². The third kappa shape index (κ3) is 4.52. The number of hydrogen-bond acceptors (Lipinski definition) is 10. The Morgan fingerprint density at radius 2 is 1.64 bits per heavy atom. The van der Waals surface area contributed by atoms with Crippen molar-refractivity contribution in [3.63, 3.8) is 0 Å². The fourth-order valence-electron chi connectivity index (χ4n) is 3.72. The van der Waals surface area contributed by atoms with Crippen LogP contribution >= 0.6 is 0 Å². The van der Waals surface area contributed by atoms with E-state index in [1.54, 1.807) is 31.4 Å². The summed E-state index contributed by atoms with van der Waals surface area (Å²) >= 11 is 0. The van der Waals surface area contributed by atoms with Gasteiger partial charge in [0.15, 0.2) is 5.43 Å². The molecule has 0 radical (unpaired) electrons. The summed E-state index contributed by atoms with van der Waals surface area (Å²) in [6.45, 7) is -0.827. The molecule has 5 atom stereocenters. The largest absolute Gasteiger partial charge is 0.507 e. The molecular formula is C23H24O10. The van der Waals surface area contributed by atoms with Crippen molar-refractivity contribution >= 4 is 11.0 Å². The predicted octanol–water partition coefficient (Wildman–Crippen LogP) is 0.395. The molecule has 2 unspecified atom stereocenters. The first kappa shape index (κ1) is 23.0.